The van der Waals surface area contributed by atoms with Gasteiger partial charge in [-0.15, -0.1) is 0 Å². The molecule has 0 aliphatic carbocycles. The molecule has 0 N–H and O–H groups in total. The summed E-state index contributed by atoms with van der Waals surface area (Å²) in [4.78, 5) is 0. The molecule has 0 aromatic heterocycles. The van der Waals surface area contributed by atoms with E-state index in [4.69, 9.17) is 0 Å². The monoisotopic (exact) mass is 172 g/mol. The predicted molar refractivity (Wildman–Crippen MR) is 59.5 cm³/mol. The molecule has 76 valence electrons. The van der Waals surface area contributed by atoms with E-state index in [1.807, 2.05) is 0 Å². The normalized spacial score (nSPS) is 12.0. The standard InChI is InChI=1S/C8H18.C4H10/c1-7(2,3)8(4,5)6;1-3-4-2/h1-6H3;3-4H2,1-2H3. The minimum atomic E-state index is 0.437. The molecule has 0 rings (SSSR count). The van der Waals surface area contributed by atoms with Gasteiger partial charge in [-0.1, -0.05) is 68.2 Å². The third-order valence-electron chi connectivity index (χ3n) is 2.75. The van der Waals surface area contributed by atoms with E-state index in [9.17, 15) is 0 Å². The van der Waals surface area contributed by atoms with Crippen molar-refractivity contribution in [2.24, 2.45) is 10.8 Å². The zero-order valence-electron chi connectivity index (χ0n) is 10.4. The van der Waals surface area contributed by atoms with Crippen LogP contribution in [0.4, 0.5) is 0 Å². The number of rotatable bonds is 1. The molecule has 0 heteroatoms. The minimum absolute atomic E-state index is 0.437. The zero-order valence-corrected chi connectivity index (χ0v) is 10.4. The van der Waals surface area contributed by atoms with Crippen molar-refractivity contribution < 1.29 is 0 Å². The van der Waals surface area contributed by atoms with E-state index in [0.717, 1.165) is 0 Å². The average molecular weight is 172 g/mol. The zero-order chi connectivity index (χ0) is 10.4. The van der Waals surface area contributed by atoms with Crippen molar-refractivity contribution in [1.29, 1.82) is 0 Å². The van der Waals surface area contributed by atoms with Crippen LogP contribution in [0.15, 0.2) is 0 Å². The van der Waals surface area contributed by atoms with Crippen molar-refractivity contribution in [2.45, 2.75) is 68.2 Å². The molecule has 0 saturated heterocycles. The fourth-order valence-corrected chi connectivity index (χ4v) is 0. The Balaban J connectivity index is 0. The lowest BCUT2D eigenvalue weighted by Crippen LogP contribution is -2.25. The summed E-state index contributed by atoms with van der Waals surface area (Å²) >= 11 is 0. The summed E-state index contributed by atoms with van der Waals surface area (Å²) in [6.07, 6.45) is 2.64. The van der Waals surface area contributed by atoms with Crippen LogP contribution in [0.2, 0.25) is 0 Å². The maximum atomic E-state index is 2.27. The summed E-state index contributed by atoms with van der Waals surface area (Å²) in [6.45, 7) is 18.0. The molecular weight excluding hydrogens is 144 g/mol. The van der Waals surface area contributed by atoms with Crippen LogP contribution in [0.25, 0.3) is 0 Å². The van der Waals surface area contributed by atoms with Gasteiger partial charge in [0.1, 0.15) is 0 Å². The molecule has 0 amide bonds. The van der Waals surface area contributed by atoms with Crippen LogP contribution < -0.4 is 0 Å². The molecule has 0 heterocycles. The minimum Gasteiger partial charge on any atom is -0.0654 e. The maximum absolute atomic E-state index is 2.27. The summed E-state index contributed by atoms with van der Waals surface area (Å²) in [5, 5.41) is 0. The Bertz CT molecular complexity index is 73.6. The quantitative estimate of drug-likeness (QED) is 0.528. The number of unbranched alkanes of at least 4 members (excludes halogenated alkanes) is 1. The molecule has 0 bridgehead atoms. The van der Waals surface area contributed by atoms with Gasteiger partial charge in [-0.2, -0.15) is 0 Å². The van der Waals surface area contributed by atoms with Gasteiger partial charge in [-0.05, 0) is 10.8 Å². The van der Waals surface area contributed by atoms with Gasteiger partial charge < -0.3 is 0 Å². The van der Waals surface area contributed by atoms with Crippen LogP contribution in [-0.2, 0) is 0 Å². The predicted octanol–water partition coefficient (Wildman–Crippen LogP) is 4.89. The molecule has 0 radical (unpaired) electrons. The van der Waals surface area contributed by atoms with Gasteiger partial charge in [0.05, 0.1) is 0 Å². The Kier molecular flexibility index (Phi) is 6.79. The Morgan fingerprint density at radius 3 is 0.750 bits per heavy atom. The van der Waals surface area contributed by atoms with Crippen molar-refractivity contribution in [3.8, 4) is 0 Å². The SMILES string of the molecule is CC(C)(C)C(C)(C)C.CCCC. The number of hydrogen-bond acceptors (Lipinski definition) is 0. The van der Waals surface area contributed by atoms with Crippen molar-refractivity contribution in [1.82, 2.24) is 0 Å². The molecule has 0 unspecified atom stereocenters. The first-order chi connectivity index (χ1) is 5.16. The summed E-state index contributed by atoms with van der Waals surface area (Å²) in [5.41, 5.74) is 0.875. The molecule has 0 nitrogen and oxygen atoms in total. The molecule has 0 aromatic carbocycles. The second-order valence-corrected chi connectivity index (χ2v) is 5.50. The first-order valence-corrected chi connectivity index (χ1v) is 5.16. The van der Waals surface area contributed by atoms with Crippen molar-refractivity contribution in [2.75, 3.05) is 0 Å². The first kappa shape index (κ1) is 14.5. The van der Waals surface area contributed by atoms with Crippen molar-refractivity contribution >= 4 is 0 Å². The van der Waals surface area contributed by atoms with Gasteiger partial charge in [0.25, 0.3) is 0 Å². The highest BCUT2D eigenvalue weighted by Gasteiger charge is 2.26. The van der Waals surface area contributed by atoms with Gasteiger partial charge >= 0.3 is 0 Å². The molecule has 0 aliphatic rings. The highest BCUT2D eigenvalue weighted by atomic mass is 14.3. The summed E-state index contributed by atoms with van der Waals surface area (Å²) in [5.74, 6) is 0. The Morgan fingerprint density at radius 2 is 0.750 bits per heavy atom. The Hall–Kier alpha value is 0. The molecule has 0 fully saturated rings. The maximum Gasteiger partial charge on any atom is -0.0334 e. The van der Waals surface area contributed by atoms with Gasteiger partial charge in [0, 0.05) is 0 Å². The molecule has 0 spiro atoms. The topological polar surface area (TPSA) is 0 Å². The van der Waals surface area contributed by atoms with E-state index < -0.39 is 0 Å². The lowest BCUT2D eigenvalue weighted by Gasteiger charge is -2.34. The second kappa shape index (κ2) is 5.61. The molecular formula is C12H28. The van der Waals surface area contributed by atoms with E-state index in [0.29, 0.717) is 10.8 Å². The van der Waals surface area contributed by atoms with Gasteiger partial charge in [0.15, 0.2) is 0 Å². The lowest BCUT2D eigenvalue weighted by atomic mass is 9.71. The van der Waals surface area contributed by atoms with Crippen molar-refractivity contribution in [3.63, 3.8) is 0 Å². The molecule has 0 saturated carbocycles. The summed E-state index contributed by atoms with van der Waals surface area (Å²) < 4.78 is 0. The summed E-state index contributed by atoms with van der Waals surface area (Å²) in [6, 6.07) is 0. The van der Waals surface area contributed by atoms with Gasteiger partial charge in [0.2, 0.25) is 0 Å². The van der Waals surface area contributed by atoms with Crippen LogP contribution >= 0.6 is 0 Å². The molecule has 0 aromatic rings. The van der Waals surface area contributed by atoms with Gasteiger partial charge in [-0.3, -0.25) is 0 Å². The van der Waals surface area contributed by atoms with E-state index in [1.54, 1.807) is 0 Å². The van der Waals surface area contributed by atoms with Crippen LogP contribution in [0, 0.1) is 10.8 Å². The lowest BCUT2D eigenvalue weighted by molar-refractivity contribution is 0.157. The highest BCUT2D eigenvalue weighted by Crippen LogP contribution is 2.36. The third kappa shape index (κ3) is 8.10. The Labute approximate surface area is 79.8 Å². The molecule has 0 aliphatic heterocycles. The fourth-order valence-electron chi connectivity index (χ4n) is 0. The fraction of sp³-hybridized carbons (Fsp3) is 1.00. The highest BCUT2D eigenvalue weighted by molar-refractivity contribution is 4.76. The van der Waals surface area contributed by atoms with E-state index >= 15 is 0 Å². The third-order valence-corrected chi connectivity index (χ3v) is 2.75. The first-order valence-electron chi connectivity index (χ1n) is 5.16. The smallest absolute Gasteiger partial charge is 0.0334 e. The van der Waals surface area contributed by atoms with Crippen LogP contribution in [0.1, 0.15) is 68.2 Å². The van der Waals surface area contributed by atoms with Crippen molar-refractivity contribution in [3.05, 3.63) is 0 Å². The molecule has 0 atom stereocenters. The molecule has 12 heavy (non-hydrogen) atoms. The van der Waals surface area contributed by atoms with Crippen LogP contribution in [0.3, 0.4) is 0 Å². The van der Waals surface area contributed by atoms with E-state index in [1.165, 1.54) is 12.8 Å². The van der Waals surface area contributed by atoms with Crippen LogP contribution in [-0.4, -0.2) is 0 Å². The number of hydrogen-bond donors (Lipinski definition) is 0. The van der Waals surface area contributed by atoms with E-state index in [2.05, 4.69) is 55.4 Å². The second-order valence-electron chi connectivity index (χ2n) is 5.50. The van der Waals surface area contributed by atoms with Gasteiger partial charge in [-0.25, -0.2) is 0 Å². The van der Waals surface area contributed by atoms with E-state index in [-0.39, 0.29) is 0 Å². The largest absolute Gasteiger partial charge is 0.0654 e. The average Bonchev–Trinajstić information content (AvgIpc) is 1.84. The Morgan fingerprint density at radius 1 is 0.583 bits per heavy atom. The van der Waals surface area contributed by atoms with Crippen LogP contribution in [0.5, 0.6) is 0 Å². The summed E-state index contributed by atoms with van der Waals surface area (Å²) in [7, 11) is 0.